The van der Waals surface area contributed by atoms with Crippen molar-refractivity contribution in [2.45, 2.75) is 13.8 Å². The number of carbonyl (C=O) groups excluding carboxylic acids is 2. The van der Waals surface area contributed by atoms with Crippen LogP contribution in [0, 0.1) is 10.8 Å². The number of hydrogen-bond donors (Lipinski definition) is 2. The van der Waals surface area contributed by atoms with Gasteiger partial charge in [0.25, 0.3) is 0 Å². The highest BCUT2D eigenvalue weighted by molar-refractivity contribution is 7.00. The molecule has 90 valence electrons. The molecule has 1 unspecified atom stereocenters. The summed E-state index contributed by atoms with van der Waals surface area (Å²) in [6.07, 6.45) is 1.50. The van der Waals surface area contributed by atoms with Crippen molar-refractivity contribution in [3.63, 3.8) is 0 Å². The summed E-state index contributed by atoms with van der Waals surface area (Å²) < 4.78 is 8.28. The van der Waals surface area contributed by atoms with Gasteiger partial charge in [-0.3, -0.25) is 0 Å². The average Bonchev–Trinajstić information content (AvgIpc) is 2.38. The van der Waals surface area contributed by atoms with Crippen LogP contribution in [0.15, 0.2) is 36.4 Å². The molecule has 0 saturated carbocycles. The molecule has 0 bridgehead atoms. The number of benzene rings is 1. The lowest BCUT2D eigenvalue weighted by atomic mass is 10.4. The van der Waals surface area contributed by atoms with Crippen molar-refractivity contribution in [2.75, 3.05) is 0 Å². The first-order valence-corrected chi connectivity index (χ1v) is 4.77. The van der Waals surface area contributed by atoms with Gasteiger partial charge < -0.3 is 4.57 Å². The van der Waals surface area contributed by atoms with Crippen LogP contribution in [0.2, 0.25) is 0 Å². The Kier molecular flexibility index (Phi) is 75.9. The summed E-state index contributed by atoms with van der Waals surface area (Å²) in [4.78, 5) is 16.7. The summed E-state index contributed by atoms with van der Waals surface area (Å²) >= 11 is 0. The molecule has 1 rings (SSSR count). The third-order valence-electron chi connectivity index (χ3n) is 0.667. The molecule has 1 aromatic rings. The van der Waals surface area contributed by atoms with Crippen molar-refractivity contribution >= 4 is 21.3 Å². The van der Waals surface area contributed by atoms with Gasteiger partial charge in [0.1, 0.15) is 0 Å². The standard InChI is InChI=1S/C6H6.C2H6.2CHNO.H3OP/c1-2-4-6-5-3-1;1-2;2*2-1-3;1-2/h1-6H;1-2H3;2*2H;2H3. The van der Waals surface area contributed by atoms with E-state index in [0.717, 1.165) is 12.2 Å². The molecule has 0 aliphatic carbocycles. The minimum absolute atomic E-state index is 0.611. The Hall–Kier alpha value is -1.79. The Morgan fingerprint density at radius 3 is 0.875 bits per heavy atom. The van der Waals surface area contributed by atoms with Gasteiger partial charge >= 0.3 is 0 Å². The van der Waals surface area contributed by atoms with Crippen molar-refractivity contribution in [1.82, 2.24) is 0 Å². The summed E-state index contributed by atoms with van der Waals surface area (Å²) in [5.41, 5.74) is 0. The molecule has 0 heterocycles. The molecule has 0 radical (unpaired) electrons. The molecule has 0 amide bonds. The van der Waals surface area contributed by atoms with E-state index in [-0.39, 0.29) is 0 Å². The molecule has 0 spiro atoms. The Balaban J connectivity index is -0.0000000630. The molecule has 1 atom stereocenters. The Morgan fingerprint density at radius 1 is 0.750 bits per heavy atom. The molecule has 0 aromatic heterocycles. The van der Waals surface area contributed by atoms with Gasteiger partial charge in [0.15, 0.2) is 0 Å². The zero-order chi connectivity index (χ0) is 13.7. The van der Waals surface area contributed by atoms with Gasteiger partial charge in [-0.15, -0.1) is 0 Å². The minimum Gasteiger partial charge on any atom is -0.333 e. The van der Waals surface area contributed by atoms with Crippen LogP contribution >= 0.6 is 9.12 Å². The predicted octanol–water partition coefficient (Wildman–Crippen LogP) is 2.45. The van der Waals surface area contributed by atoms with E-state index in [1.165, 1.54) is 0 Å². The minimum atomic E-state index is 0.611. The molecule has 2 N–H and O–H groups in total. The van der Waals surface area contributed by atoms with E-state index >= 15 is 0 Å². The quantitative estimate of drug-likeness (QED) is 0.416. The van der Waals surface area contributed by atoms with E-state index in [4.69, 9.17) is 25.0 Å². The van der Waals surface area contributed by atoms with Crippen molar-refractivity contribution in [3.05, 3.63) is 36.4 Å². The SMILES string of the molecule is CC.N=C=O.N=C=O.O=[PH3].c1ccccc1. The van der Waals surface area contributed by atoms with E-state index in [1.54, 1.807) is 0 Å². The van der Waals surface area contributed by atoms with Crippen LogP contribution in [0.1, 0.15) is 13.8 Å². The Labute approximate surface area is 97.1 Å². The highest BCUT2D eigenvalue weighted by atomic mass is 31.0. The number of hydrogen-bond acceptors (Lipinski definition) is 5. The van der Waals surface area contributed by atoms with Crippen LogP contribution < -0.4 is 0 Å². The fourth-order valence-electron chi connectivity index (χ4n) is 0.385. The summed E-state index contributed by atoms with van der Waals surface area (Å²) in [5, 5.41) is 10.8. The third kappa shape index (κ3) is 86.6. The summed E-state index contributed by atoms with van der Waals surface area (Å²) in [6, 6.07) is 12.0. The van der Waals surface area contributed by atoms with Crippen LogP contribution in [0.25, 0.3) is 0 Å². The van der Waals surface area contributed by atoms with Crippen molar-refractivity contribution in [3.8, 4) is 0 Å². The van der Waals surface area contributed by atoms with Crippen molar-refractivity contribution < 1.29 is 14.2 Å². The van der Waals surface area contributed by atoms with Crippen LogP contribution in [-0.4, -0.2) is 12.2 Å². The lowest BCUT2D eigenvalue weighted by Crippen LogP contribution is -1.47. The number of rotatable bonds is 0. The first-order chi connectivity index (χ1) is 7.83. The van der Waals surface area contributed by atoms with Crippen LogP contribution in [0.4, 0.5) is 0 Å². The maximum atomic E-state index is 8.35. The summed E-state index contributed by atoms with van der Waals surface area (Å²) in [5.74, 6) is 0. The lowest BCUT2D eigenvalue weighted by Gasteiger charge is -1.69. The second-order valence-electron chi connectivity index (χ2n) is 1.36. The van der Waals surface area contributed by atoms with Gasteiger partial charge in [-0.25, -0.2) is 20.4 Å². The number of nitrogens with one attached hydrogen (secondary N) is 2. The molecular weight excluding hydrogens is 227 g/mol. The molecule has 0 aliphatic rings. The van der Waals surface area contributed by atoms with Gasteiger partial charge in [-0.1, -0.05) is 50.2 Å². The average molecular weight is 244 g/mol. The maximum absolute atomic E-state index is 8.35. The zero-order valence-corrected chi connectivity index (χ0v) is 10.8. The van der Waals surface area contributed by atoms with Crippen molar-refractivity contribution in [2.24, 2.45) is 0 Å². The normalized spacial score (nSPS) is 4.88. The molecule has 16 heavy (non-hydrogen) atoms. The second-order valence-corrected chi connectivity index (χ2v) is 1.36. The largest absolute Gasteiger partial charge is 0.333 e. The smallest absolute Gasteiger partial charge is 0.231 e. The first-order valence-electron chi connectivity index (χ1n) is 4.20. The van der Waals surface area contributed by atoms with Crippen LogP contribution in [0.5, 0.6) is 0 Å². The second kappa shape index (κ2) is 51.1. The molecule has 0 saturated heterocycles. The van der Waals surface area contributed by atoms with Crippen molar-refractivity contribution in [1.29, 1.82) is 10.8 Å². The molecule has 0 aliphatic heterocycles. The number of isocyanates is 2. The van der Waals surface area contributed by atoms with Gasteiger partial charge in [-0.2, -0.15) is 0 Å². The maximum Gasteiger partial charge on any atom is 0.231 e. The summed E-state index contributed by atoms with van der Waals surface area (Å²) in [7, 11) is 0.611. The van der Waals surface area contributed by atoms with E-state index in [0.29, 0.717) is 9.12 Å². The topological polar surface area (TPSA) is 98.9 Å². The van der Waals surface area contributed by atoms with Crippen LogP contribution in [0.3, 0.4) is 0 Å². The van der Waals surface area contributed by atoms with E-state index < -0.39 is 0 Å². The van der Waals surface area contributed by atoms with E-state index in [9.17, 15) is 0 Å². The fraction of sp³-hybridized carbons (Fsp3) is 0.200. The van der Waals surface area contributed by atoms with Gasteiger partial charge in [0, 0.05) is 0 Å². The van der Waals surface area contributed by atoms with E-state index in [1.807, 2.05) is 50.2 Å². The Morgan fingerprint density at radius 2 is 0.812 bits per heavy atom. The predicted molar refractivity (Wildman–Crippen MR) is 66.4 cm³/mol. The first kappa shape index (κ1) is 23.8. The van der Waals surface area contributed by atoms with Gasteiger partial charge in [0.05, 0.1) is 9.12 Å². The third-order valence-corrected chi connectivity index (χ3v) is 0.667. The van der Waals surface area contributed by atoms with Crippen LogP contribution in [-0.2, 0) is 14.2 Å². The summed E-state index contributed by atoms with van der Waals surface area (Å²) in [6.45, 7) is 4.00. The lowest BCUT2D eigenvalue weighted by molar-refractivity contribution is 0.562. The van der Waals surface area contributed by atoms with Gasteiger partial charge in [0.2, 0.25) is 12.2 Å². The fourth-order valence-corrected chi connectivity index (χ4v) is 0.385. The Bertz CT molecular complexity index is 217. The molecule has 1 aromatic carbocycles. The molecule has 6 heteroatoms. The highest BCUT2D eigenvalue weighted by Crippen LogP contribution is 1.79. The highest BCUT2D eigenvalue weighted by Gasteiger charge is 1.57. The van der Waals surface area contributed by atoms with E-state index in [2.05, 4.69) is 0 Å². The monoisotopic (exact) mass is 244 g/mol. The molecule has 5 nitrogen and oxygen atoms in total. The van der Waals surface area contributed by atoms with Gasteiger partial charge in [-0.05, 0) is 0 Å². The zero-order valence-electron chi connectivity index (χ0n) is 9.40. The molecular formula is C10H17N2O3P. The molecule has 0 fully saturated rings.